The molecule has 2 amide bonds. The van der Waals surface area contributed by atoms with Gasteiger partial charge in [0.25, 0.3) is 0 Å². The fourth-order valence-corrected chi connectivity index (χ4v) is 2.81. The summed E-state index contributed by atoms with van der Waals surface area (Å²) >= 11 is 0. The fourth-order valence-electron chi connectivity index (χ4n) is 2.81. The maximum Gasteiger partial charge on any atom is 0.317 e. The zero-order valence-corrected chi connectivity index (χ0v) is 11.9. The van der Waals surface area contributed by atoms with Crippen molar-refractivity contribution in [3.63, 3.8) is 0 Å². The molecule has 2 rings (SSSR count). The van der Waals surface area contributed by atoms with E-state index in [1.807, 2.05) is 7.05 Å². The third-order valence-electron chi connectivity index (χ3n) is 3.87. The molecule has 2 fully saturated rings. The highest BCUT2D eigenvalue weighted by Crippen LogP contribution is 2.20. The van der Waals surface area contributed by atoms with Crippen molar-refractivity contribution in [2.45, 2.75) is 31.4 Å². The van der Waals surface area contributed by atoms with Gasteiger partial charge in [-0.05, 0) is 19.9 Å². The molecular weight excluding hydrogens is 262 g/mol. The Morgan fingerprint density at radius 3 is 2.90 bits per heavy atom. The van der Waals surface area contributed by atoms with Crippen LogP contribution in [0.25, 0.3) is 0 Å². The smallest absolute Gasteiger partial charge is 0.317 e. The molecule has 114 valence electrons. The third-order valence-corrected chi connectivity index (χ3v) is 3.87. The van der Waals surface area contributed by atoms with Crippen LogP contribution < -0.4 is 5.32 Å². The maximum atomic E-state index is 12.1. The summed E-state index contributed by atoms with van der Waals surface area (Å²) in [6.07, 6.45) is 1.67. The Kier molecular flexibility index (Phi) is 5.19. The summed E-state index contributed by atoms with van der Waals surface area (Å²) < 4.78 is 5.58. The van der Waals surface area contributed by atoms with Crippen molar-refractivity contribution in [2.75, 3.05) is 39.8 Å². The number of likely N-dealkylation sites (tertiary alicyclic amines) is 1. The van der Waals surface area contributed by atoms with E-state index in [0.29, 0.717) is 19.7 Å². The van der Waals surface area contributed by atoms with E-state index in [1.54, 1.807) is 4.90 Å². The molecule has 2 atom stereocenters. The van der Waals surface area contributed by atoms with E-state index < -0.39 is 5.97 Å². The van der Waals surface area contributed by atoms with Gasteiger partial charge < -0.3 is 25.0 Å². The van der Waals surface area contributed by atoms with Gasteiger partial charge in [0.2, 0.25) is 0 Å². The Morgan fingerprint density at radius 2 is 2.20 bits per heavy atom. The van der Waals surface area contributed by atoms with Crippen LogP contribution in [0.1, 0.15) is 19.3 Å². The van der Waals surface area contributed by atoms with Crippen LogP contribution >= 0.6 is 0 Å². The summed E-state index contributed by atoms with van der Waals surface area (Å²) in [6.45, 7) is 3.51. The van der Waals surface area contributed by atoms with Gasteiger partial charge in [-0.3, -0.25) is 4.79 Å². The number of rotatable bonds is 4. The minimum absolute atomic E-state index is 0.0122. The Labute approximate surface area is 118 Å². The highest BCUT2D eigenvalue weighted by molar-refractivity contribution is 5.76. The number of urea groups is 1. The molecule has 0 saturated carbocycles. The highest BCUT2D eigenvalue weighted by atomic mass is 16.5. The van der Waals surface area contributed by atoms with Gasteiger partial charge in [0.05, 0.1) is 19.1 Å². The third kappa shape index (κ3) is 4.08. The number of likely N-dealkylation sites (N-methyl/N-ethyl adjacent to an activating group) is 1. The Morgan fingerprint density at radius 1 is 1.40 bits per heavy atom. The van der Waals surface area contributed by atoms with Gasteiger partial charge in [-0.1, -0.05) is 0 Å². The van der Waals surface area contributed by atoms with Crippen molar-refractivity contribution in [2.24, 2.45) is 0 Å². The zero-order valence-electron chi connectivity index (χ0n) is 11.9. The molecule has 2 unspecified atom stereocenters. The lowest BCUT2D eigenvalue weighted by molar-refractivity contribution is -0.137. The number of morpholine rings is 1. The lowest BCUT2D eigenvalue weighted by atomic mass is 10.1. The quantitative estimate of drug-likeness (QED) is 0.758. The van der Waals surface area contributed by atoms with E-state index in [2.05, 4.69) is 10.2 Å². The molecule has 2 N–H and O–H groups in total. The van der Waals surface area contributed by atoms with Gasteiger partial charge in [0.1, 0.15) is 0 Å². The van der Waals surface area contributed by atoms with E-state index in [-0.39, 0.29) is 24.6 Å². The number of hydrogen-bond donors (Lipinski definition) is 2. The van der Waals surface area contributed by atoms with Crippen LogP contribution in [0, 0.1) is 0 Å². The van der Waals surface area contributed by atoms with Crippen molar-refractivity contribution < 1.29 is 19.4 Å². The van der Waals surface area contributed by atoms with Gasteiger partial charge in [-0.2, -0.15) is 0 Å². The van der Waals surface area contributed by atoms with E-state index in [1.165, 1.54) is 0 Å². The molecule has 20 heavy (non-hydrogen) atoms. The van der Waals surface area contributed by atoms with Crippen molar-refractivity contribution in [3.05, 3.63) is 0 Å². The van der Waals surface area contributed by atoms with E-state index >= 15 is 0 Å². The van der Waals surface area contributed by atoms with Crippen LogP contribution in [0.5, 0.6) is 0 Å². The first-order valence-corrected chi connectivity index (χ1v) is 7.12. The molecular formula is C13H23N3O4. The summed E-state index contributed by atoms with van der Waals surface area (Å²) in [5, 5.41) is 11.7. The van der Waals surface area contributed by atoms with Crippen LogP contribution in [0.2, 0.25) is 0 Å². The van der Waals surface area contributed by atoms with Gasteiger partial charge >= 0.3 is 12.0 Å². The van der Waals surface area contributed by atoms with Crippen LogP contribution in [-0.2, 0) is 9.53 Å². The fraction of sp³-hybridized carbons (Fsp3) is 0.846. The van der Waals surface area contributed by atoms with Gasteiger partial charge in [-0.25, -0.2) is 4.79 Å². The molecule has 0 aromatic heterocycles. The normalized spacial score (nSPS) is 27.6. The number of hydrogen-bond acceptors (Lipinski definition) is 4. The number of carbonyl (C=O) groups is 2. The summed E-state index contributed by atoms with van der Waals surface area (Å²) in [7, 11) is 2.03. The molecule has 0 aliphatic carbocycles. The number of carbonyl (C=O) groups excluding carboxylic acids is 1. The monoisotopic (exact) mass is 285 g/mol. The standard InChI is InChI=1S/C13H23N3O4/c1-15-5-6-20-11(9-15)8-14-13(19)16-4-2-3-10(16)7-12(17)18/h10-11H,2-9H2,1H3,(H,14,19)(H,17,18). The second-order valence-corrected chi connectivity index (χ2v) is 5.53. The molecule has 0 spiro atoms. The van der Waals surface area contributed by atoms with Crippen LogP contribution in [0.15, 0.2) is 0 Å². The van der Waals surface area contributed by atoms with Gasteiger partial charge in [0, 0.05) is 32.2 Å². The molecule has 2 saturated heterocycles. The highest BCUT2D eigenvalue weighted by Gasteiger charge is 2.30. The average molecular weight is 285 g/mol. The number of amides is 2. The van der Waals surface area contributed by atoms with Crippen LogP contribution in [0.4, 0.5) is 4.79 Å². The molecule has 2 aliphatic heterocycles. The molecule has 0 bridgehead atoms. The number of carboxylic acids is 1. The molecule has 7 nitrogen and oxygen atoms in total. The molecule has 2 aliphatic rings. The Bertz CT molecular complexity index is 364. The molecule has 2 heterocycles. The van der Waals surface area contributed by atoms with Crippen LogP contribution in [0.3, 0.4) is 0 Å². The summed E-state index contributed by atoms with van der Waals surface area (Å²) in [4.78, 5) is 26.7. The second-order valence-electron chi connectivity index (χ2n) is 5.53. The average Bonchev–Trinajstić information content (AvgIpc) is 2.83. The van der Waals surface area contributed by atoms with Crippen molar-refractivity contribution in [1.82, 2.24) is 15.1 Å². The lowest BCUT2D eigenvalue weighted by Gasteiger charge is -2.31. The van der Waals surface area contributed by atoms with Crippen molar-refractivity contribution in [1.29, 1.82) is 0 Å². The van der Waals surface area contributed by atoms with E-state index in [4.69, 9.17) is 9.84 Å². The first kappa shape index (κ1) is 15.1. The molecule has 0 aromatic carbocycles. The predicted octanol–water partition coefficient (Wildman–Crippen LogP) is -0.0343. The van der Waals surface area contributed by atoms with Crippen molar-refractivity contribution in [3.8, 4) is 0 Å². The SMILES string of the molecule is CN1CCOC(CNC(=O)N2CCCC2CC(=O)O)C1. The van der Waals surface area contributed by atoms with Gasteiger partial charge in [-0.15, -0.1) is 0 Å². The molecule has 0 radical (unpaired) electrons. The second kappa shape index (κ2) is 6.90. The number of nitrogens with one attached hydrogen (secondary N) is 1. The Hall–Kier alpha value is -1.34. The number of ether oxygens (including phenoxy) is 1. The van der Waals surface area contributed by atoms with E-state index in [0.717, 1.165) is 25.9 Å². The first-order chi connectivity index (χ1) is 9.56. The largest absolute Gasteiger partial charge is 0.481 e. The topological polar surface area (TPSA) is 82.1 Å². The minimum Gasteiger partial charge on any atom is -0.481 e. The van der Waals surface area contributed by atoms with Crippen LogP contribution in [-0.4, -0.2) is 78.9 Å². The zero-order chi connectivity index (χ0) is 14.5. The lowest BCUT2D eigenvalue weighted by Crippen LogP contribution is -2.49. The minimum atomic E-state index is -0.855. The predicted molar refractivity (Wildman–Crippen MR) is 72.6 cm³/mol. The molecule has 7 heteroatoms. The number of carboxylic acid groups (broad SMARTS) is 1. The van der Waals surface area contributed by atoms with E-state index in [9.17, 15) is 9.59 Å². The Balaban J connectivity index is 1.77. The molecule has 0 aromatic rings. The van der Waals surface area contributed by atoms with Crippen molar-refractivity contribution >= 4 is 12.0 Å². The maximum absolute atomic E-state index is 12.1. The number of aliphatic carboxylic acids is 1. The summed E-state index contributed by atoms with van der Waals surface area (Å²) in [6, 6.07) is -0.354. The first-order valence-electron chi connectivity index (χ1n) is 7.12. The van der Waals surface area contributed by atoms with Gasteiger partial charge in [0.15, 0.2) is 0 Å². The summed E-state index contributed by atoms with van der Waals surface area (Å²) in [5.74, 6) is -0.855. The summed E-state index contributed by atoms with van der Waals surface area (Å²) in [5.41, 5.74) is 0. The number of nitrogens with zero attached hydrogens (tertiary/aromatic N) is 2.